The van der Waals surface area contributed by atoms with Crippen LogP contribution in [-0.2, 0) is 22.7 Å². The average molecular weight is 486 g/mol. The number of anilines is 2. The zero-order chi connectivity index (χ0) is 23.3. The molecular weight excluding hydrogens is 474 g/mol. The van der Waals surface area contributed by atoms with E-state index >= 15 is 0 Å². The highest BCUT2D eigenvalue weighted by Crippen LogP contribution is 2.40. The number of fused-ring (bicyclic) bond motifs is 1. The second kappa shape index (κ2) is 7.75. The lowest BCUT2D eigenvalue weighted by Gasteiger charge is -2.36. The lowest BCUT2D eigenvalue weighted by atomic mass is 10.1. The SMILES string of the molecule is O=C1N(Cc2cc(F)cc(C(F)(F)F)c2)c2ccccc2S(=O)(=O)N1c1cccnc1Cl. The molecule has 0 N–H and O–H groups in total. The summed E-state index contributed by atoms with van der Waals surface area (Å²) < 4.78 is 80.0. The number of hydrogen-bond donors (Lipinski definition) is 0. The van der Waals surface area contributed by atoms with Crippen LogP contribution in [0, 0.1) is 5.82 Å². The highest BCUT2D eigenvalue weighted by atomic mass is 35.5. The summed E-state index contributed by atoms with van der Waals surface area (Å²) in [5.74, 6) is -1.15. The van der Waals surface area contributed by atoms with Gasteiger partial charge in [-0.1, -0.05) is 23.7 Å². The van der Waals surface area contributed by atoms with Gasteiger partial charge in [0, 0.05) is 6.20 Å². The first kappa shape index (κ1) is 22.0. The van der Waals surface area contributed by atoms with Crippen molar-refractivity contribution >= 4 is 39.0 Å². The Morgan fingerprint density at radius 1 is 1.00 bits per heavy atom. The van der Waals surface area contributed by atoms with E-state index in [1.807, 2.05) is 0 Å². The van der Waals surface area contributed by atoms with Crippen molar-refractivity contribution < 1.29 is 30.8 Å². The summed E-state index contributed by atoms with van der Waals surface area (Å²) >= 11 is 6.01. The first-order chi connectivity index (χ1) is 15.0. The molecule has 166 valence electrons. The fourth-order valence-electron chi connectivity index (χ4n) is 3.31. The van der Waals surface area contributed by atoms with Gasteiger partial charge in [-0.3, -0.25) is 4.90 Å². The Morgan fingerprint density at radius 2 is 1.69 bits per heavy atom. The van der Waals surface area contributed by atoms with Crippen LogP contribution >= 0.6 is 11.6 Å². The Kier molecular flexibility index (Phi) is 5.33. The predicted molar refractivity (Wildman–Crippen MR) is 108 cm³/mol. The number of carbonyl (C=O) groups is 1. The molecular formula is C20H12ClF4N3O3S. The number of nitrogens with zero attached hydrogens (tertiary/aromatic N) is 3. The summed E-state index contributed by atoms with van der Waals surface area (Å²) in [5, 5.41) is -0.270. The van der Waals surface area contributed by atoms with Crippen molar-refractivity contribution in [1.29, 1.82) is 0 Å². The van der Waals surface area contributed by atoms with Crippen molar-refractivity contribution in [3.63, 3.8) is 0 Å². The number of urea groups is 1. The smallest absolute Gasteiger partial charge is 0.287 e. The number of aromatic nitrogens is 1. The molecule has 1 aliphatic heterocycles. The van der Waals surface area contributed by atoms with Crippen LogP contribution in [0.5, 0.6) is 0 Å². The Morgan fingerprint density at radius 3 is 2.38 bits per heavy atom. The van der Waals surface area contributed by atoms with Crippen LogP contribution in [0.15, 0.2) is 65.7 Å². The number of halogens is 5. The number of rotatable bonds is 3. The fourth-order valence-corrected chi connectivity index (χ4v) is 5.17. The van der Waals surface area contributed by atoms with Gasteiger partial charge in [0.05, 0.1) is 23.5 Å². The average Bonchev–Trinajstić information content (AvgIpc) is 2.71. The molecule has 0 unspecified atom stereocenters. The molecule has 0 fully saturated rings. The maximum atomic E-state index is 13.9. The van der Waals surface area contributed by atoms with E-state index in [-0.39, 0.29) is 27.0 Å². The molecule has 0 radical (unpaired) electrons. The minimum Gasteiger partial charge on any atom is -0.287 e. The molecule has 32 heavy (non-hydrogen) atoms. The lowest BCUT2D eigenvalue weighted by molar-refractivity contribution is -0.137. The highest BCUT2D eigenvalue weighted by molar-refractivity contribution is 7.94. The maximum Gasteiger partial charge on any atom is 0.416 e. The normalized spacial score (nSPS) is 15.6. The summed E-state index contributed by atoms with van der Waals surface area (Å²) in [6.45, 7) is -0.527. The van der Waals surface area contributed by atoms with E-state index in [4.69, 9.17) is 11.6 Å². The monoisotopic (exact) mass is 485 g/mol. The number of para-hydroxylation sites is 1. The van der Waals surface area contributed by atoms with Crippen LogP contribution in [-0.4, -0.2) is 19.4 Å². The molecule has 0 spiro atoms. The molecule has 0 saturated carbocycles. The molecule has 1 aliphatic rings. The van der Waals surface area contributed by atoms with Gasteiger partial charge in [0.1, 0.15) is 10.7 Å². The maximum absolute atomic E-state index is 13.9. The molecule has 4 rings (SSSR count). The summed E-state index contributed by atoms with van der Waals surface area (Å²) in [6.07, 6.45) is -3.51. The van der Waals surface area contributed by atoms with Crippen LogP contribution in [0.25, 0.3) is 0 Å². The minimum absolute atomic E-state index is 0.0633. The van der Waals surface area contributed by atoms with Gasteiger partial charge in [-0.2, -0.15) is 17.5 Å². The Labute approximate surface area is 184 Å². The van der Waals surface area contributed by atoms with E-state index in [1.165, 1.54) is 42.6 Å². The van der Waals surface area contributed by atoms with Gasteiger partial charge in [-0.25, -0.2) is 22.6 Å². The van der Waals surface area contributed by atoms with Crippen LogP contribution in [0.3, 0.4) is 0 Å². The van der Waals surface area contributed by atoms with Gasteiger partial charge in [-0.05, 0) is 48.0 Å². The van der Waals surface area contributed by atoms with Crippen LogP contribution < -0.4 is 9.21 Å². The summed E-state index contributed by atoms with van der Waals surface area (Å²) in [7, 11) is -4.41. The summed E-state index contributed by atoms with van der Waals surface area (Å²) in [4.78, 5) is 17.7. The zero-order valence-electron chi connectivity index (χ0n) is 15.8. The van der Waals surface area contributed by atoms with Gasteiger partial charge in [0.25, 0.3) is 10.0 Å². The molecule has 0 bridgehead atoms. The van der Waals surface area contributed by atoms with Crippen LogP contribution in [0.2, 0.25) is 5.15 Å². The van der Waals surface area contributed by atoms with Crippen LogP contribution in [0.4, 0.5) is 33.7 Å². The zero-order valence-corrected chi connectivity index (χ0v) is 17.4. The van der Waals surface area contributed by atoms with Crippen molar-refractivity contribution in [3.05, 3.63) is 82.9 Å². The number of benzene rings is 2. The summed E-state index contributed by atoms with van der Waals surface area (Å²) in [5.41, 5.74) is -1.71. The number of sulfonamides is 1. The van der Waals surface area contributed by atoms with Crippen molar-refractivity contribution in [3.8, 4) is 0 Å². The lowest BCUT2D eigenvalue weighted by Crippen LogP contribution is -2.50. The van der Waals surface area contributed by atoms with Gasteiger partial charge in [-0.15, -0.1) is 0 Å². The van der Waals surface area contributed by atoms with Crippen molar-refractivity contribution in [2.75, 3.05) is 9.21 Å². The molecule has 0 aliphatic carbocycles. The second-order valence-corrected chi connectivity index (χ2v) is 8.88. The van der Waals surface area contributed by atoms with Gasteiger partial charge >= 0.3 is 12.2 Å². The molecule has 2 heterocycles. The third kappa shape index (κ3) is 3.78. The molecule has 0 saturated heterocycles. The minimum atomic E-state index is -4.81. The molecule has 12 heteroatoms. The Bertz CT molecular complexity index is 1330. The standard InChI is InChI=1S/C20H12ClF4N3O3S/c21-18-16(5-3-7-26-18)28-19(29)27(15-4-1-2-6-17(15)32(28,30)31)11-12-8-13(20(23,24)25)10-14(22)9-12/h1-10H,11H2. The Hall–Kier alpha value is -3.18. The molecule has 0 atom stereocenters. The third-order valence-corrected chi connectivity index (χ3v) is 6.69. The number of alkyl halides is 3. The van der Waals surface area contributed by atoms with E-state index in [9.17, 15) is 30.8 Å². The molecule has 1 aromatic heterocycles. The van der Waals surface area contributed by atoms with Gasteiger partial charge < -0.3 is 0 Å². The van der Waals surface area contributed by atoms with E-state index in [0.29, 0.717) is 16.4 Å². The topological polar surface area (TPSA) is 70.6 Å². The predicted octanol–water partition coefficient (Wildman–Crippen LogP) is 5.23. The second-order valence-electron chi connectivity index (χ2n) is 6.77. The quantitative estimate of drug-likeness (QED) is 0.376. The molecule has 2 amide bonds. The largest absolute Gasteiger partial charge is 0.416 e. The number of carbonyl (C=O) groups excluding carboxylic acids is 1. The number of hydrogen-bond acceptors (Lipinski definition) is 4. The number of pyridine rings is 1. The van der Waals surface area contributed by atoms with E-state index < -0.39 is 40.2 Å². The summed E-state index contributed by atoms with van der Waals surface area (Å²) in [6, 6.07) is 8.88. The molecule has 6 nitrogen and oxygen atoms in total. The number of amides is 2. The van der Waals surface area contributed by atoms with Gasteiger partial charge in [0.2, 0.25) is 0 Å². The van der Waals surface area contributed by atoms with E-state index in [1.54, 1.807) is 0 Å². The van der Waals surface area contributed by atoms with Crippen molar-refractivity contribution in [2.24, 2.45) is 0 Å². The highest BCUT2D eigenvalue weighted by Gasteiger charge is 2.43. The molecule has 2 aromatic carbocycles. The first-order valence-corrected chi connectivity index (χ1v) is 10.7. The fraction of sp³-hybridized carbons (Fsp3) is 0.100. The van der Waals surface area contributed by atoms with Crippen molar-refractivity contribution in [1.82, 2.24) is 4.98 Å². The van der Waals surface area contributed by atoms with Gasteiger partial charge in [0.15, 0.2) is 5.15 Å². The third-order valence-electron chi connectivity index (χ3n) is 4.66. The molecule has 3 aromatic rings. The Balaban J connectivity index is 1.87. The van der Waals surface area contributed by atoms with Crippen molar-refractivity contribution in [2.45, 2.75) is 17.6 Å². The van der Waals surface area contributed by atoms with E-state index in [0.717, 1.165) is 11.0 Å². The van der Waals surface area contributed by atoms with E-state index in [2.05, 4.69) is 4.98 Å². The van der Waals surface area contributed by atoms with Crippen LogP contribution in [0.1, 0.15) is 11.1 Å². The first-order valence-electron chi connectivity index (χ1n) is 8.93.